The van der Waals surface area contributed by atoms with Crippen molar-refractivity contribution in [1.82, 2.24) is 19.9 Å². The lowest BCUT2D eigenvalue weighted by Crippen LogP contribution is -2.54. The van der Waals surface area contributed by atoms with Crippen molar-refractivity contribution in [3.63, 3.8) is 0 Å². The van der Waals surface area contributed by atoms with Crippen molar-refractivity contribution < 1.29 is 4.79 Å². The van der Waals surface area contributed by atoms with Gasteiger partial charge in [0, 0.05) is 24.8 Å². The van der Waals surface area contributed by atoms with Gasteiger partial charge in [-0.1, -0.05) is 30.3 Å². The maximum Gasteiger partial charge on any atom is 0.250 e. The van der Waals surface area contributed by atoms with Crippen LogP contribution in [0.4, 0.5) is 23.4 Å². The van der Waals surface area contributed by atoms with Crippen molar-refractivity contribution in [3.05, 3.63) is 48.8 Å². The molecular weight excluding hydrogens is 366 g/mol. The second-order valence-corrected chi connectivity index (χ2v) is 7.23. The van der Waals surface area contributed by atoms with E-state index < -0.39 is 0 Å². The normalized spacial score (nSPS) is 16.2. The van der Waals surface area contributed by atoms with Crippen LogP contribution in [0.3, 0.4) is 0 Å². The van der Waals surface area contributed by atoms with E-state index >= 15 is 0 Å². The highest BCUT2D eigenvalue weighted by Gasteiger charge is 2.37. The second-order valence-electron chi connectivity index (χ2n) is 7.23. The Bertz CT molecular complexity index is 1040. The number of carbonyl (C=O) groups is 1. The average Bonchev–Trinajstić information content (AvgIpc) is 2.73. The summed E-state index contributed by atoms with van der Waals surface area (Å²) >= 11 is 0. The zero-order chi connectivity index (χ0) is 20.5. The van der Waals surface area contributed by atoms with Crippen LogP contribution in [0.5, 0.6) is 0 Å². The van der Waals surface area contributed by atoms with Gasteiger partial charge in [-0.3, -0.25) is 9.69 Å². The predicted molar refractivity (Wildman–Crippen MR) is 113 cm³/mol. The summed E-state index contributed by atoms with van der Waals surface area (Å²) in [5, 5.41) is 3.14. The van der Waals surface area contributed by atoms with Crippen molar-refractivity contribution >= 4 is 29.3 Å². The molecule has 4 rings (SSSR count). The van der Waals surface area contributed by atoms with Crippen LogP contribution in [0.2, 0.25) is 0 Å². The molecule has 29 heavy (non-hydrogen) atoms. The van der Waals surface area contributed by atoms with E-state index in [-0.39, 0.29) is 18.0 Å². The number of amides is 1. The van der Waals surface area contributed by atoms with Gasteiger partial charge in [0.2, 0.25) is 11.9 Å². The Labute approximate surface area is 169 Å². The fourth-order valence-corrected chi connectivity index (χ4v) is 3.52. The monoisotopic (exact) mass is 389 g/mol. The van der Waals surface area contributed by atoms with Gasteiger partial charge in [0.1, 0.15) is 6.04 Å². The number of benzene rings is 1. The van der Waals surface area contributed by atoms with Crippen molar-refractivity contribution in [1.29, 1.82) is 0 Å². The van der Waals surface area contributed by atoms with Crippen LogP contribution in [0.25, 0.3) is 11.3 Å². The number of nitrogens with zero attached hydrogens (tertiary/aromatic N) is 6. The highest BCUT2D eigenvalue weighted by molar-refractivity contribution is 6.03. The largest absolute Gasteiger partial charge is 0.339 e. The van der Waals surface area contributed by atoms with Crippen LogP contribution in [0, 0.1) is 0 Å². The topological polar surface area (TPSA) is 87.1 Å². The van der Waals surface area contributed by atoms with Crippen LogP contribution >= 0.6 is 0 Å². The highest BCUT2D eigenvalue weighted by atomic mass is 16.2. The zero-order valence-corrected chi connectivity index (χ0v) is 16.9. The van der Waals surface area contributed by atoms with Gasteiger partial charge < -0.3 is 10.2 Å². The Morgan fingerprint density at radius 1 is 1.03 bits per heavy atom. The molecule has 0 saturated carbocycles. The van der Waals surface area contributed by atoms with Gasteiger partial charge in [-0.05, 0) is 26.8 Å². The SMILES string of the molecule is CC(C)N1c2nc(Nc3nccc(-c4ccccc4)n3)cnc2N(C)C(=O)[C@H]1C. The molecule has 3 aromatic rings. The number of fused-ring (bicyclic) bond motifs is 1. The Kier molecular flexibility index (Phi) is 4.84. The third-order valence-electron chi connectivity index (χ3n) is 4.92. The van der Waals surface area contributed by atoms with Gasteiger partial charge in [0.05, 0.1) is 11.9 Å². The van der Waals surface area contributed by atoms with Gasteiger partial charge in [-0.15, -0.1) is 0 Å². The van der Waals surface area contributed by atoms with Crippen molar-refractivity contribution in [2.24, 2.45) is 0 Å². The smallest absolute Gasteiger partial charge is 0.250 e. The maximum absolute atomic E-state index is 12.5. The van der Waals surface area contributed by atoms with E-state index in [1.54, 1.807) is 24.3 Å². The first-order chi connectivity index (χ1) is 14.0. The summed E-state index contributed by atoms with van der Waals surface area (Å²) in [6, 6.07) is 11.6. The number of rotatable bonds is 4. The minimum absolute atomic E-state index is 0.0000970. The summed E-state index contributed by atoms with van der Waals surface area (Å²) in [6.07, 6.45) is 3.30. The summed E-state index contributed by atoms with van der Waals surface area (Å²) in [4.78, 5) is 34.2. The molecule has 0 fully saturated rings. The molecule has 0 aliphatic carbocycles. The number of hydrogen-bond donors (Lipinski definition) is 1. The molecule has 1 aliphatic heterocycles. The molecule has 0 bridgehead atoms. The van der Waals surface area contributed by atoms with E-state index in [1.165, 1.54) is 0 Å². The van der Waals surface area contributed by atoms with Gasteiger partial charge in [0.15, 0.2) is 17.5 Å². The van der Waals surface area contributed by atoms with Crippen LogP contribution < -0.4 is 15.1 Å². The minimum Gasteiger partial charge on any atom is -0.339 e. The highest BCUT2D eigenvalue weighted by Crippen LogP contribution is 2.34. The Hall–Kier alpha value is -3.55. The van der Waals surface area contributed by atoms with E-state index in [0.29, 0.717) is 23.4 Å². The summed E-state index contributed by atoms with van der Waals surface area (Å²) in [6.45, 7) is 5.95. The number of nitrogens with one attached hydrogen (secondary N) is 1. The van der Waals surface area contributed by atoms with E-state index in [0.717, 1.165) is 11.3 Å². The number of carbonyl (C=O) groups excluding carboxylic acids is 1. The third kappa shape index (κ3) is 3.49. The Balaban J connectivity index is 1.67. The van der Waals surface area contributed by atoms with Crippen molar-refractivity contribution in [2.45, 2.75) is 32.9 Å². The van der Waals surface area contributed by atoms with E-state index in [2.05, 4.69) is 20.3 Å². The lowest BCUT2D eigenvalue weighted by Gasteiger charge is -2.40. The fraction of sp³-hybridized carbons (Fsp3) is 0.286. The molecule has 148 valence electrons. The molecule has 0 unspecified atom stereocenters. The fourth-order valence-electron chi connectivity index (χ4n) is 3.52. The minimum atomic E-state index is -0.310. The molecule has 1 aromatic carbocycles. The maximum atomic E-state index is 12.5. The molecule has 1 atom stereocenters. The van der Waals surface area contributed by atoms with Crippen LogP contribution in [-0.4, -0.2) is 45.0 Å². The first-order valence-corrected chi connectivity index (χ1v) is 9.54. The van der Waals surface area contributed by atoms with Gasteiger partial charge >= 0.3 is 0 Å². The number of aromatic nitrogens is 4. The number of likely N-dealkylation sites (N-methyl/N-ethyl adjacent to an activating group) is 1. The van der Waals surface area contributed by atoms with E-state index in [1.807, 2.05) is 62.1 Å². The van der Waals surface area contributed by atoms with Crippen LogP contribution in [0.15, 0.2) is 48.8 Å². The van der Waals surface area contributed by atoms with Gasteiger partial charge in [-0.25, -0.2) is 19.9 Å². The lowest BCUT2D eigenvalue weighted by atomic mass is 10.1. The molecule has 8 nitrogen and oxygen atoms in total. The summed E-state index contributed by atoms with van der Waals surface area (Å²) in [7, 11) is 1.73. The Morgan fingerprint density at radius 3 is 2.52 bits per heavy atom. The van der Waals surface area contributed by atoms with E-state index in [4.69, 9.17) is 4.98 Å². The first kappa shape index (κ1) is 18.8. The first-order valence-electron chi connectivity index (χ1n) is 9.54. The standard InChI is InChI=1S/C21H23N7O/c1-13(2)28-14(3)20(29)27(4)18-19(28)25-17(12-23-18)26-21-22-11-10-16(24-21)15-8-6-5-7-9-15/h5-14H,1-4H3,(H,22,24,25,26)/t14-/m1/s1. The average molecular weight is 389 g/mol. The molecular formula is C21H23N7O. The molecule has 1 amide bonds. The molecule has 1 aliphatic rings. The van der Waals surface area contributed by atoms with Crippen LogP contribution in [-0.2, 0) is 4.79 Å². The molecule has 1 N–H and O–H groups in total. The van der Waals surface area contributed by atoms with Gasteiger partial charge in [-0.2, -0.15) is 0 Å². The summed E-state index contributed by atoms with van der Waals surface area (Å²) in [5.74, 6) is 2.17. The second kappa shape index (κ2) is 7.46. The molecule has 8 heteroatoms. The third-order valence-corrected chi connectivity index (χ3v) is 4.92. The predicted octanol–water partition coefficient (Wildman–Crippen LogP) is 3.26. The molecule has 3 heterocycles. The van der Waals surface area contributed by atoms with Crippen molar-refractivity contribution in [3.8, 4) is 11.3 Å². The number of hydrogen-bond acceptors (Lipinski definition) is 7. The van der Waals surface area contributed by atoms with Crippen molar-refractivity contribution in [2.75, 3.05) is 22.2 Å². The number of anilines is 4. The van der Waals surface area contributed by atoms with Gasteiger partial charge in [0.25, 0.3) is 0 Å². The molecule has 0 spiro atoms. The quantitative estimate of drug-likeness (QED) is 0.733. The van der Waals surface area contributed by atoms with E-state index in [9.17, 15) is 4.79 Å². The summed E-state index contributed by atoms with van der Waals surface area (Å²) in [5.41, 5.74) is 1.83. The lowest BCUT2D eigenvalue weighted by molar-refractivity contribution is -0.119. The summed E-state index contributed by atoms with van der Waals surface area (Å²) < 4.78 is 0. The Morgan fingerprint density at radius 2 is 1.79 bits per heavy atom. The molecule has 2 aromatic heterocycles. The zero-order valence-electron chi connectivity index (χ0n) is 16.9. The molecule has 0 saturated heterocycles. The molecule has 0 radical (unpaired) electrons. The van der Waals surface area contributed by atoms with Crippen LogP contribution in [0.1, 0.15) is 20.8 Å².